The van der Waals surface area contributed by atoms with Gasteiger partial charge in [0, 0.05) is 32.8 Å². The van der Waals surface area contributed by atoms with E-state index in [1.165, 1.54) is 6.07 Å². The highest BCUT2D eigenvalue weighted by molar-refractivity contribution is 5.94. The number of hydrogen-bond donors (Lipinski definition) is 0. The number of hydrogen-bond acceptors (Lipinski definition) is 4. The lowest BCUT2D eigenvalue weighted by molar-refractivity contribution is 0.0503. The maximum Gasteiger partial charge on any atom is 0.257 e. The molecule has 2 aromatic carbocycles. The molecule has 1 aliphatic heterocycles. The summed E-state index contributed by atoms with van der Waals surface area (Å²) >= 11 is 0. The topological polar surface area (TPSA) is 50.6 Å². The van der Waals surface area contributed by atoms with Crippen LogP contribution in [-0.2, 0) is 11.3 Å². The number of benzene rings is 2. The number of carbonyl (C=O) groups excluding carboxylic acids is 1. The lowest BCUT2D eigenvalue weighted by atomic mass is 10.0. The summed E-state index contributed by atoms with van der Waals surface area (Å²) in [4.78, 5) is 17.3. The maximum atomic E-state index is 14.6. The van der Waals surface area contributed by atoms with E-state index in [9.17, 15) is 9.18 Å². The van der Waals surface area contributed by atoms with Crippen molar-refractivity contribution in [3.05, 3.63) is 77.2 Å². The van der Waals surface area contributed by atoms with E-state index < -0.39 is 5.82 Å². The molecule has 0 unspecified atom stereocenters. The third kappa shape index (κ3) is 4.99. The van der Waals surface area contributed by atoms with Crippen LogP contribution in [0, 0.1) is 5.82 Å². The number of carbonyl (C=O) groups is 1. The van der Waals surface area contributed by atoms with Gasteiger partial charge < -0.3 is 14.5 Å². The zero-order chi connectivity index (χ0) is 24.2. The number of aromatic nitrogens is 2. The normalized spacial score (nSPS) is 15.6. The Labute approximate surface area is 200 Å². The van der Waals surface area contributed by atoms with Crippen LogP contribution in [0.1, 0.15) is 54.2 Å². The fraction of sp³-hybridized carbons (Fsp3) is 0.407. The predicted octanol–water partition coefficient (Wildman–Crippen LogP) is 5.02. The van der Waals surface area contributed by atoms with Crippen molar-refractivity contribution in [2.75, 3.05) is 32.1 Å². The van der Waals surface area contributed by atoms with Crippen molar-refractivity contribution in [1.82, 2.24) is 14.7 Å². The molecule has 1 fully saturated rings. The van der Waals surface area contributed by atoms with Crippen LogP contribution >= 0.6 is 0 Å². The Bertz CT molecular complexity index is 1120. The highest BCUT2D eigenvalue weighted by Gasteiger charge is 2.30. The van der Waals surface area contributed by atoms with E-state index in [0.29, 0.717) is 19.7 Å². The molecule has 0 spiro atoms. The number of nitrogens with zero attached hydrogens (tertiary/aromatic N) is 4. The SMILES string of the molecule is CC(C)c1nn(-c2ccccc2)c(N(C)C)c1CN(C[C@H]1CCCO1)C(=O)c1ccccc1F. The van der Waals surface area contributed by atoms with Crippen molar-refractivity contribution in [3.63, 3.8) is 0 Å². The molecule has 1 amide bonds. The Balaban J connectivity index is 1.79. The van der Waals surface area contributed by atoms with Gasteiger partial charge in [0.1, 0.15) is 11.6 Å². The number of anilines is 1. The van der Waals surface area contributed by atoms with Gasteiger partial charge in [0.25, 0.3) is 5.91 Å². The first-order valence-corrected chi connectivity index (χ1v) is 11.9. The van der Waals surface area contributed by atoms with Gasteiger partial charge in [0.05, 0.1) is 29.6 Å². The summed E-state index contributed by atoms with van der Waals surface area (Å²) in [5.41, 5.74) is 2.91. The summed E-state index contributed by atoms with van der Waals surface area (Å²) in [5.74, 6) is 0.211. The Morgan fingerprint density at radius 1 is 1.15 bits per heavy atom. The van der Waals surface area contributed by atoms with Crippen LogP contribution in [0.4, 0.5) is 10.2 Å². The minimum atomic E-state index is -0.512. The van der Waals surface area contributed by atoms with Gasteiger partial charge in [-0.3, -0.25) is 4.79 Å². The second-order valence-corrected chi connectivity index (χ2v) is 9.28. The van der Waals surface area contributed by atoms with Crippen LogP contribution in [0.15, 0.2) is 54.6 Å². The Morgan fingerprint density at radius 3 is 2.47 bits per heavy atom. The quantitative estimate of drug-likeness (QED) is 0.470. The van der Waals surface area contributed by atoms with E-state index in [0.717, 1.165) is 35.6 Å². The summed E-state index contributed by atoms with van der Waals surface area (Å²) in [6, 6.07) is 16.1. The first kappa shape index (κ1) is 24.0. The summed E-state index contributed by atoms with van der Waals surface area (Å²) in [6.45, 7) is 5.63. The van der Waals surface area contributed by atoms with Crippen molar-refractivity contribution in [2.45, 2.75) is 45.3 Å². The maximum absolute atomic E-state index is 14.6. The number of ether oxygens (including phenoxy) is 1. The number of rotatable bonds is 8. The first-order valence-electron chi connectivity index (χ1n) is 11.9. The highest BCUT2D eigenvalue weighted by atomic mass is 19.1. The molecule has 4 rings (SSSR count). The fourth-order valence-corrected chi connectivity index (χ4v) is 4.53. The Hall–Kier alpha value is -3.19. The second kappa shape index (κ2) is 10.4. The fourth-order valence-electron chi connectivity index (χ4n) is 4.53. The lowest BCUT2D eigenvalue weighted by Gasteiger charge is -2.27. The Kier molecular flexibility index (Phi) is 7.32. The zero-order valence-corrected chi connectivity index (χ0v) is 20.4. The molecule has 7 heteroatoms. The third-order valence-electron chi connectivity index (χ3n) is 6.15. The van der Waals surface area contributed by atoms with Crippen LogP contribution in [-0.4, -0.2) is 53.9 Å². The molecule has 1 atom stereocenters. The summed E-state index contributed by atoms with van der Waals surface area (Å²) < 4.78 is 22.4. The van der Waals surface area contributed by atoms with Gasteiger partial charge in [-0.1, -0.05) is 44.2 Å². The first-order chi connectivity index (χ1) is 16.4. The van der Waals surface area contributed by atoms with E-state index in [1.54, 1.807) is 23.1 Å². The van der Waals surface area contributed by atoms with Gasteiger partial charge in [0.15, 0.2) is 0 Å². The monoisotopic (exact) mass is 464 g/mol. The molecule has 1 aromatic heterocycles. The molecule has 0 aliphatic carbocycles. The average molecular weight is 465 g/mol. The average Bonchev–Trinajstić information content (AvgIpc) is 3.47. The number of amides is 1. The largest absolute Gasteiger partial charge is 0.376 e. The summed E-state index contributed by atoms with van der Waals surface area (Å²) in [7, 11) is 3.96. The van der Waals surface area contributed by atoms with Crippen LogP contribution < -0.4 is 4.90 Å². The zero-order valence-electron chi connectivity index (χ0n) is 20.4. The van der Waals surface area contributed by atoms with Gasteiger partial charge in [-0.15, -0.1) is 0 Å². The molecule has 34 heavy (non-hydrogen) atoms. The molecule has 6 nitrogen and oxygen atoms in total. The molecule has 0 bridgehead atoms. The van der Waals surface area contributed by atoms with Crippen molar-refractivity contribution in [2.24, 2.45) is 0 Å². The van der Waals surface area contributed by atoms with E-state index in [4.69, 9.17) is 9.84 Å². The van der Waals surface area contributed by atoms with Crippen molar-refractivity contribution in [1.29, 1.82) is 0 Å². The minimum Gasteiger partial charge on any atom is -0.376 e. The molecule has 2 heterocycles. The molecule has 0 saturated carbocycles. The number of para-hydroxylation sites is 1. The molecule has 0 N–H and O–H groups in total. The van der Waals surface area contributed by atoms with Crippen LogP contribution in [0.5, 0.6) is 0 Å². The van der Waals surface area contributed by atoms with E-state index >= 15 is 0 Å². The molecular formula is C27H33FN4O2. The Morgan fingerprint density at radius 2 is 1.85 bits per heavy atom. The predicted molar refractivity (Wildman–Crippen MR) is 132 cm³/mol. The van der Waals surface area contributed by atoms with E-state index in [-0.39, 0.29) is 23.5 Å². The molecule has 0 radical (unpaired) electrons. The number of halogens is 1. The van der Waals surface area contributed by atoms with Gasteiger partial charge in [-0.2, -0.15) is 5.10 Å². The summed E-state index contributed by atoms with van der Waals surface area (Å²) in [5, 5.41) is 4.97. The molecule has 180 valence electrons. The van der Waals surface area contributed by atoms with Crippen LogP contribution in [0.3, 0.4) is 0 Å². The molecule has 3 aromatic rings. The lowest BCUT2D eigenvalue weighted by Crippen LogP contribution is -2.38. The minimum absolute atomic E-state index is 0.0507. The third-order valence-corrected chi connectivity index (χ3v) is 6.15. The van der Waals surface area contributed by atoms with Gasteiger partial charge >= 0.3 is 0 Å². The van der Waals surface area contributed by atoms with E-state index in [2.05, 4.69) is 13.8 Å². The van der Waals surface area contributed by atoms with Crippen molar-refractivity contribution in [3.8, 4) is 5.69 Å². The van der Waals surface area contributed by atoms with Gasteiger partial charge in [0.2, 0.25) is 0 Å². The highest BCUT2D eigenvalue weighted by Crippen LogP contribution is 2.32. The molecule has 1 saturated heterocycles. The molecule has 1 aliphatic rings. The van der Waals surface area contributed by atoms with Crippen molar-refractivity contribution >= 4 is 11.7 Å². The van der Waals surface area contributed by atoms with E-state index in [1.807, 2.05) is 54.0 Å². The van der Waals surface area contributed by atoms with Crippen LogP contribution in [0.25, 0.3) is 5.69 Å². The molecular weight excluding hydrogens is 431 g/mol. The van der Waals surface area contributed by atoms with Crippen molar-refractivity contribution < 1.29 is 13.9 Å². The standard InChI is InChI=1S/C27H33FN4O2/c1-19(2)25-23(26(30(3)4)32(29-25)20-11-6-5-7-12-20)18-31(17-21-13-10-16-34-21)27(33)22-14-8-9-15-24(22)28/h5-9,11-12,14-15,19,21H,10,13,16-18H2,1-4H3/t21-/m1/s1. The smallest absolute Gasteiger partial charge is 0.257 e. The second-order valence-electron chi connectivity index (χ2n) is 9.28. The van der Waals surface area contributed by atoms with Gasteiger partial charge in [-0.05, 0) is 43.0 Å². The summed E-state index contributed by atoms with van der Waals surface area (Å²) in [6.07, 6.45) is 1.81. The van der Waals surface area contributed by atoms with Crippen LogP contribution in [0.2, 0.25) is 0 Å². The van der Waals surface area contributed by atoms with Gasteiger partial charge in [-0.25, -0.2) is 9.07 Å².